The van der Waals surface area contributed by atoms with E-state index in [1.165, 1.54) is 24.3 Å². The lowest BCUT2D eigenvalue weighted by Crippen LogP contribution is -2.36. The van der Waals surface area contributed by atoms with E-state index in [0.29, 0.717) is 15.6 Å². The zero-order valence-electron chi connectivity index (χ0n) is 13.5. The first-order valence-electron chi connectivity index (χ1n) is 7.48. The molecule has 0 aliphatic heterocycles. The van der Waals surface area contributed by atoms with Crippen LogP contribution in [0.15, 0.2) is 53.4 Å². The molecule has 0 unspecified atom stereocenters. The Kier molecular flexibility index (Phi) is 6.84. The van der Waals surface area contributed by atoms with Crippen LogP contribution in [0.5, 0.6) is 0 Å². The molecule has 25 heavy (non-hydrogen) atoms. The Hall–Kier alpha value is -1.60. The van der Waals surface area contributed by atoms with Crippen molar-refractivity contribution in [2.75, 3.05) is 13.2 Å². The normalized spacial score (nSPS) is 11.5. The quantitative estimate of drug-likeness (QED) is 0.662. The highest BCUT2D eigenvalue weighted by Crippen LogP contribution is 2.21. The molecule has 0 N–H and O–H groups in total. The topological polar surface area (TPSA) is 63.7 Å². The van der Waals surface area contributed by atoms with Crippen LogP contribution in [0.25, 0.3) is 0 Å². The fourth-order valence-electron chi connectivity index (χ4n) is 2.13. The maximum absolute atomic E-state index is 12.9. The highest BCUT2D eigenvalue weighted by atomic mass is 35.5. The Labute approximate surface area is 157 Å². The van der Waals surface area contributed by atoms with Crippen molar-refractivity contribution < 1.29 is 17.9 Å². The second kappa shape index (κ2) is 8.67. The third-order valence-corrected chi connectivity index (χ3v) is 5.64. The molecule has 0 aliphatic rings. The predicted octanol–water partition coefficient (Wildman–Crippen LogP) is 3.75. The van der Waals surface area contributed by atoms with Gasteiger partial charge < -0.3 is 4.74 Å². The van der Waals surface area contributed by atoms with Crippen molar-refractivity contribution in [1.82, 2.24) is 4.31 Å². The fourth-order valence-corrected chi connectivity index (χ4v) is 3.75. The molecule has 0 bridgehead atoms. The van der Waals surface area contributed by atoms with Crippen molar-refractivity contribution in [2.24, 2.45) is 0 Å². The van der Waals surface area contributed by atoms with E-state index in [4.69, 9.17) is 27.9 Å². The van der Waals surface area contributed by atoms with E-state index in [2.05, 4.69) is 0 Å². The number of benzene rings is 2. The van der Waals surface area contributed by atoms with Gasteiger partial charge in [-0.1, -0.05) is 35.3 Å². The van der Waals surface area contributed by atoms with Gasteiger partial charge in [0, 0.05) is 16.6 Å². The van der Waals surface area contributed by atoms with Gasteiger partial charge >= 0.3 is 5.97 Å². The van der Waals surface area contributed by atoms with Gasteiger partial charge in [-0.25, -0.2) is 8.42 Å². The number of carbonyl (C=O) groups excluding carboxylic acids is 1. The molecule has 134 valence electrons. The highest BCUT2D eigenvalue weighted by molar-refractivity contribution is 7.89. The molecule has 0 heterocycles. The Morgan fingerprint density at radius 3 is 2.04 bits per heavy atom. The van der Waals surface area contributed by atoms with Gasteiger partial charge in [0.05, 0.1) is 11.5 Å². The number of halogens is 2. The van der Waals surface area contributed by atoms with Gasteiger partial charge in [0.1, 0.15) is 6.54 Å². The Morgan fingerprint density at radius 1 is 1.00 bits per heavy atom. The molecule has 2 aromatic rings. The fraction of sp³-hybridized carbons (Fsp3) is 0.235. The van der Waals surface area contributed by atoms with Crippen LogP contribution in [0.4, 0.5) is 0 Å². The van der Waals surface area contributed by atoms with E-state index < -0.39 is 16.0 Å². The Bertz CT molecular complexity index is 821. The van der Waals surface area contributed by atoms with Crippen molar-refractivity contribution in [3.05, 3.63) is 64.1 Å². The summed E-state index contributed by atoms with van der Waals surface area (Å²) in [5.74, 6) is -0.617. The van der Waals surface area contributed by atoms with E-state index in [9.17, 15) is 13.2 Å². The average Bonchev–Trinajstić information content (AvgIpc) is 2.57. The lowest BCUT2D eigenvalue weighted by Gasteiger charge is -2.21. The molecule has 0 spiro atoms. The molecule has 2 rings (SSSR count). The van der Waals surface area contributed by atoms with Gasteiger partial charge in [0.25, 0.3) is 0 Å². The van der Waals surface area contributed by atoms with Crippen LogP contribution in [0.1, 0.15) is 12.5 Å². The summed E-state index contributed by atoms with van der Waals surface area (Å²) >= 11 is 11.7. The minimum Gasteiger partial charge on any atom is -0.465 e. The minimum absolute atomic E-state index is 0.0148. The van der Waals surface area contributed by atoms with Gasteiger partial charge in [-0.2, -0.15) is 4.31 Å². The summed E-state index contributed by atoms with van der Waals surface area (Å²) in [6.07, 6.45) is 0. The number of esters is 1. The van der Waals surface area contributed by atoms with Crippen molar-refractivity contribution in [2.45, 2.75) is 18.4 Å². The predicted molar refractivity (Wildman–Crippen MR) is 97.1 cm³/mol. The van der Waals surface area contributed by atoms with E-state index in [-0.39, 0.29) is 24.6 Å². The average molecular weight is 402 g/mol. The number of carbonyl (C=O) groups is 1. The zero-order valence-corrected chi connectivity index (χ0v) is 15.8. The lowest BCUT2D eigenvalue weighted by atomic mass is 10.2. The third kappa shape index (κ3) is 5.44. The second-order valence-electron chi connectivity index (χ2n) is 5.16. The zero-order chi connectivity index (χ0) is 18.4. The largest absolute Gasteiger partial charge is 0.465 e. The van der Waals surface area contributed by atoms with Gasteiger partial charge in [-0.05, 0) is 48.9 Å². The van der Waals surface area contributed by atoms with Crippen LogP contribution in [0.3, 0.4) is 0 Å². The molecule has 0 saturated carbocycles. The van der Waals surface area contributed by atoms with E-state index in [0.717, 1.165) is 4.31 Å². The molecule has 0 radical (unpaired) electrons. The van der Waals surface area contributed by atoms with Gasteiger partial charge in [-0.3, -0.25) is 4.79 Å². The molecule has 0 aliphatic carbocycles. The van der Waals surface area contributed by atoms with Gasteiger partial charge in [-0.15, -0.1) is 0 Å². The van der Waals surface area contributed by atoms with Crippen molar-refractivity contribution >= 4 is 39.2 Å². The first kappa shape index (κ1) is 19.7. The molecule has 0 aromatic heterocycles. The van der Waals surface area contributed by atoms with Crippen molar-refractivity contribution in [3.63, 3.8) is 0 Å². The SMILES string of the molecule is CCOC(=O)CN(Cc1ccc(Cl)cc1)S(=O)(=O)c1ccc(Cl)cc1. The minimum atomic E-state index is -3.90. The number of ether oxygens (including phenoxy) is 1. The van der Waals surface area contributed by atoms with Crippen LogP contribution < -0.4 is 0 Å². The third-order valence-electron chi connectivity index (χ3n) is 3.33. The molecule has 0 amide bonds. The number of sulfonamides is 1. The number of rotatable bonds is 7. The van der Waals surface area contributed by atoms with Crippen LogP contribution in [-0.4, -0.2) is 31.8 Å². The summed E-state index contributed by atoms with van der Waals surface area (Å²) in [6.45, 7) is 1.46. The van der Waals surface area contributed by atoms with Crippen molar-refractivity contribution in [1.29, 1.82) is 0 Å². The summed E-state index contributed by atoms with van der Waals surface area (Å²) in [5, 5.41) is 0.967. The van der Waals surface area contributed by atoms with Gasteiger partial charge in [0.15, 0.2) is 0 Å². The maximum Gasteiger partial charge on any atom is 0.321 e. The van der Waals surface area contributed by atoms with Crippen LogP contribution in [-0.2, 0) is 26.1 Å². The van der Waals surface area contributed by atoms with Gasteiger partial charge in [0.2, 0.25) is 10.0 Å². The number of hydrogen-bond donors (Lipinski definition) is 0. The summed E-state index contributed by atoms with van der Waals surface area (Å²) in [7, 11) is -3.90. The first-order chi connectivity index (χ1) is 11.8. The smallest absolute Gasteiger partial charge is 0.321 e. The summed E-state index contributed by atoms with van der Waals surface area (Å²) in [5.41, 5.74) is 0.700. The Morgan fingerprint density at radius 2 is 1.52 bits per heavy atom. The maximum atomic E-state index is 12.9. The van der Waals surface area contributed by atoms with E-state index in [1.807, 2.05) is 0 Å². The number of nitrogens with zero attached hydrogens (tertiary/aromatic N) is 1. The van der Waals surface area contributed by atoms with Crippen LogP contribution >= 0.6 is 23.2 Å². The molecule has 0 saturated heterocycles. The van der Waals surface area contributed by atoms with E-state index >= 15 is 0 Å². The molecule has 5 nitrogen and oxygen atoms in total. The number of hydrogen-bond acceptors (Lipinski definition) is 4. The summed E-state index contributed by atoms with van der Waals surface area (Å²) < 4.78 is 31.8. The van der Waals surface area contributed by atoms with Crippen LogP contribution in [0, 0.1) is 0 Å². The molecule has 0 fully saturated rings. The second-order valence-corrected chi connectivity index (χ2v) is 7.97. The molecule has 8 heteroatoms. The standard InChI is InChI=1S/C17H17Cl2NO4S/c1-2-24-17(21)12-20(11-13-3-5-14(18)6-4-13)25(22,23)16-9-7-15(19)8-10-16/h3-10H,2,11-12H2,1H3. The van der Waals surface area contributed by atoms with Crippen LogP contribution in [0.2, 0.25) is 10.0 Å². The molecule has 0 atom stereocenters. The Balaban J connectivity index is 2.33. The lowest BCUT2D eigenvalue weighted by molar-refractivity contribution is -0.143. The molecule has 2 aromatic carbocycles. The monoisotopic (exact) mass is 401 g/mol. The molecular weight excluding hydrogens is 385 g/mol. The molecular formula is C17H17Cl2NO4S. The van der Waals surface area contributed by atoms with E-state index in [1.54, 1.807) is 31.2 Å². The summed E-state index contributed by atoms with van der Waals surface area (Å²) in [6, 6.07) is 12.5. The summed E-state index contributed by atoms with van der Waals surface area (Å²) in [4.78, 5) is 11.9. The first-order valence-corrected chi connectivity index (χ1v) is 9.68. The highest BCUT2D eigenvalue weighted by Gasteiger charge is 2.27. The van der Waals surface area contributed by atoms with Crippen molar-refractivity contribution in [3.8, 4) is 0 Å².